The van der Waals surface area contributed by atoms with E-state index >= 15 is 0 Å². The Morgan fingerprint density at radius 3 is 0.750 bits per heavy atom. The van der Waals surface area contributed by atoms with E-state index in [0.717, 1.165) is 0 Å². The van der Waals surface area contributed by atoms with E-state index in [4.69, 9.17) is 0 Å². The second-order valence-corrected chi connectivity index (χ2v) is 0. The summed E-state index contributed by atoms with van der Waals surface area (Å²) in [5.41, 5.74) is 0. The van der Waals surface area contributed by atoms with Gasteiger partial charge in [-0.1, -0.05) is 0 Å². The molecule has 0 N–H and O–H groups in total. The molecule has 0 aliphatic rings. The van der Waals surface area contributed by atoms with E-state index in [1.54, 1.807) is 0 Å². The van der Waals surface area contributed by atoms with Gasteiger partial charge in [0.05, 0.1) is 0 Å². The van der Waals surface area contributed by atoms with Crippen molar-refractivity contribution in [1.29, 1.82) is 0 Å². The van der Waals surface area contributed by atoms with E-state index in [0.29, 0.717) is 0 Å². The third kappa shape index (κ3) is 9.30. The molecule has 0 aliphatic heterocycles. The quantitative estimate of drug-likeness (QED) is 0.424. The van der Waals surface area contributed by atoms with Crippen molar-refractivity contribution < 1.29 is 50.1 Å². The number of rotatable bonds is 0. The van der Waals surface area contributed by atoms with Crippen LogP contribution >= 0.6 is 0 Å². The Labute approximate surface area is 60.8 Å². The van der Waals surface area contributed by atoms with Crippen LogP contribution in [0.2, 0.25) is 0 Å². The molecule has 0 aliphatic carbocycles. The van der Waals surface area contributed by atoms with E-state index in [-0.39, 0.29) is 61.0 Å². The van der Waals surface area contributed by atoms with Crippen LogP contribution in [0.25, 0.3) is 0 Å². The van der Waals surface area contributed by atoms with Crippen LogP contribution in [-0.2, 0) is 50.1 Å². The summed E-state index contributed by atoms with van der Waals surface area (Å²) in [5, 5.41) is 0. The maximum Gasteiger partial charge on any atom is 0 e. The molecule has 0 saturated heterocycles. The monoisotopic (exact) mass is 204 g/mol. The summed E-state index contributed by atoms with van der Waals surface area (Å²) in [7, 11) is 0. The molecule has 0 atom stereocenters. The minimum atomic E-state index is 0. The summed E-state index contributed by atoms with van der Waals surface area (Å²) in [5.74, 6) is 0. The molecule has 0 aromatic rings. The summed E-state index contributed by atoms with van der Waals surface area (Å²) >= 11 is 0. The zero-order chi connectivity index (χ0) is 0. The molecule has 0 aromatic carbocycles. The van der Waals surface area contributed by atoms with Crippen molar-refractivity contribution in [2.75, 3.05) is 0 Å². The maximum atomic E-state index is 0. The van der Waals surface area contributed by atoms with Gasteiger partial charge in [0.25, 0.3) is 0 Å². The Hall–Kier alpha value is 1.72. The molecular formula is H4FeNi2Si. The van der Waals surface area contributed by atoms with Gasteiger partial charge in [0.2, 0.25) is 0 Å². The van der Waals surface area contributed by atoms with E-state index in [1.165, 1.54) is 0 Å². The van der Waals surface area contributed by atoms with Gasteiger partial charge in [0.1, 0.15) is 0 Å². The van der Waals surface area contributed by atoms with E-state index in [2.05, 4.69) is 0 Å². The van der Waals surface area contributed by atoms with E-state index in [1.807, 2.05) is 0 Å². The zero-order valence-electron chi connectivity index (χ0n) is 0.986. The summed E-state index contributed by atoms with van der Waals surface area (Å²) in [4.78, 5) is 0. The Balaban J connectivity index is 0. The largest absolute Gasteiger partial charge is 0.0149 e. The Morgan fingerprint density at radius 2 is 0.750 bits per heavy atom. The van der Waals surface area contributed by atoms with Gasteiger partial charge in [-0.25, -0.2) is 0 Å². The van der Waals surface area contributed by atoms with E-state index in [9.17, 15) is 0 Å². The standard InChI is InChI=1S/Fe.2Ni.H4Si/h;;;1H4. The zero-order valence-corrected chi connectivity index (χ0v) is 4.07. The minimum absolute atomic E-state index is 0. The molecular weight excluding hydrogens is 201 g/mol. The van der Waals surface area contributed by atoms with Crippen LogP contribution in [0.15, 0.2) is 0 Å². The molecule has 0 heterocycles. The van der Waals surface area contributed by atoms with Crippen LogP contribution in [0, 0.1) is 0 Å². The van der Waals surface area contributed by atoms with Gasteiger partial charge in [-0.15, -0.1) is 0 Å². The van der Waals surface area contributed by atoms with Gasteiger partial charge in [-0.3, -0.25) is 0 Å². The summed E-state index contributed by atoms with van der Waals surface area (Å²) < 4.78 is 0. The molecule has 0 bridgehead atoms. The average Bonchev–Trinajstić information content (AvgIpc) is 0. The Bertz CT molecular complexity index is 6.00. The van der Waals surface area contributed by atoms with Crippen LogP contribution < -0.4 is 0 Å². The van der Waals surface area contributed by atoms with E-state index < -0.39 is 0 Å². The summed E-state index contributed by atoms with van der Waals surface area (Å²) in [6.07, 6.45) is 0. The normalized spacial score (nSPS) is 0. The Morgan fingerprint density at radius 1 is 0.750 bits per heavy atom. The minimum Gasteiger partial charge on any atom is -0.0149 e. The number of hydrogen-bond donors (Lipinski definition) is 0. The first-order valence-corrected chi connectivity index (χ1v) is 0. The molecule has 4 heavy (non-hydrogen) atoms. The molecule has 0 aromatic heterocycles. The first-order valence-electron chi connectivity index (χ1n) is 0. The van der Waals surface area contributed by atoms with Crippen LogP contribution in [0.3, 0.4) is 0 Å². The summed E-state index contributed by atoms with van der Waals surface area (Å²) in [6.45, 7) is 0. The topological polar surface area (TPSA) is 0 Å². The Kier molecular flexibility index (Phi) is 237. The molecule has 0 saturated carbocycles. The third-order valence-electron chi connectivity index (χ3n) is 0. The molecule has 0 fully saturated rings. The number of hydrogen-bond acceptors (Lipinski definition) is 0. The van der Waals surface area contributed by atoms with Crippen LogP contribution in [0.4, 0.5) is 0 Å². The average molecular weight is 205 g/mol. The maximum absolute atomic E-state index is 0. The van der Waals surface area contributed by atoms with Gasteiger partial charge in [-0.2, -0.15) is 0 Å². The van der Waals surface area contributed by atoms with Gasteiger partial charge in [-0.05, 0) is 11.0 Å². The fourth-order valence-electron chi connectivity index (χ4n) is 0. The fraction of sp³-hybridized carbons (Fsp3) is 0. The smallest absolute Gasteiger partial charge is 0 e. The molecule has 36 valence electrons. The van der Waals surface area contributed by atoms with Crippen molar-refractivity contribution in [2.45, 2.75) is 0 Å². The fourth-order valence-corrected chi connectivity index (χ4v) is 0. The van der Waals surface area contributed by atoms with Crippen LogP contribution in [0.5, 0.6) is 0 Å². The van der Waals surface area contributed by atoms with Gasteiger partial charge >= 0.3 is 0 Å². The second-order valence-electron chi connectivity index (χ2n) is 0. The predicted molar refractivity (Wildman–Crippen MR) is 11.3 cm³/mol. The molecule has 0 radical (unpaired) electrons. The van der Waals surface area contributed by atoms with Crippen molar-refractivity contribution in [2.24, 2.45) is 0 Å². The van der Waals surface area contributed by atoms with Crippen LogP contribution in [0.1, 0.15) is 0 Å². The first-order chi connectivity index (χ1) is 0. The van der Waals surface area contributed by atoms with Crippen LogP contribution in [-0.4, -0.2) is 11.0 Å². The van der Waals surface area contributed by atoms with Gasteiger partial charge in [0.15, 0.2) is 0 Å². The molecule has 0 rings (SSSR count). The van der Waals surface area contributed by atoms with Gasteiger partial charge in [0, 0.05) is 50.1 Å². The SMILES string of the molecule is [Fe].[Ni].[Ni].[SiH4]. The molecule has 0 spiro atoms. The molecule has 4 heteroatoms. The molecule has 0 nitrogen and oxygen atoms in total. The predicted octanol–water partition coefficient (Wildman–Crippen LogP) is -1.46. The second kappa shape index (κ2) is 22.0. The molecule has 0 unspecified atom stereocenters. The van der Waals surface area contributed by atoms with Crippen molar-refractivity contribution in [3.63, 3.8) is 0 Å². The third-order valence-corrected chi connectivity index (χ3v) is 0. The molecule has 0 amide bonds. The van der Waals surface area contributed by atoms with Crippen molar-refractivity contribution in [3.8, 4) is 0 Å². The van der Waals surface area contributed by atoms with Crippen molar-refractivity contribution in [3.05, 3.63) is 0 Å². The van der Waals surface area contributed by atoms with Crippen molar-refractivity contribution >= 4 is 11.0 Å². The first kappa shape index (κ1) is 43.0. The van der Waals surface area contributed by atoms with Gasteiger partial charge < -0.3 is 0 Å². The summed E-state index contributed by atoms with van der Waals surface area (Å²) in [6, 6.07) is 0. The van der Waals surface area contributed by atoms with Crippen molar-refractivity contribution in [1.82, 2.24) is 0 Å².